The number of hydrogen-bond donors (Lipinski definition) is 4. The predicted molar refractivity (Wildman–Crippen MR) is 111 cm³/mol. The Hall–Kier alpha value is -2.91. The van der Waals surface area contributed by atoms with E-state index in [0.29, 0.717) is 16.7 Å². The lowest BCUT2D eigenvalue weighted by atomic mass is 9.92. The van der Waals surface area contributed by atoms with E-state index in [9.17, 15) is 27.9 Å². The summed E-state index contributed by atoms with van der Waals surface area (Å²) in [5.74, 6) is -2.33. The number of rotatable bonds is 6. The molecule has 2 amide bonds. The molecule has 170 valence electrons. The summed E-state index contributed by atoms with van der Waals surface area (Å²) in [6.45, 7) is 1.44. The van der Waals surface area contributed by atoms with Gasteiger partial charge in [-0.3, -0.25) is 14.9 Å². The molecule has 2 aromatic rings. The number of benzene rings is 2. The van der Waals surface area contributed by atoms with Crippen LogP contribution in [0, 0.1) is 5.92 Å². The minimum atomic E-state index is -4.29. The number of nitrogens with one attached hydrogen (secondary N) is 3. The summed E-state index contributed by atoms with van der Waals surface area (Å²) in [6.07, 6.45) is -3.68. The van der Waals surface area contributed by atoms with Crippen LogP contribution in [0.25, 0.3) is 11.1 Å². The van der Waals surface area contributed by atoms with Crippen molar-refractivity contribution in [2.45, 2.75) is 43.8 Å². The van der Waals surface area contributed by atoms with Gasteiger partial charge >= 0.3 is 6.18 Å². The van der Waals surface area contributed by atoms with E-state index in [4.69, 9.17) is 0 Å². The van der Waals surface area contributed by atoms with Crippen LogP contribution >= 0.6 is 0 Å². The molecule has 4 N–H and O–H groups in total. The molecule has 0 bridgehead atoms. The molecule has 32 heavy (non-hydrogen) atoms. The zero-order valence-electron chi connectivity index (χ0n) is 17.4. The van der Waals surface area contributed by atoms with Crippen LogP contribution in [0.5, 0.6) is 0 Å². The fraction of sp³-hybridized carbons (Fsp3) is 0.391. The Morgan fingerprint density at radius 1 is 1.16 bits per heavy atom. The summed E-state index contributed by atoms with van der Waals surface area (Å²) in [4.78, 5) is 25.6. The molecule has 1 heterocycles. The quantitative estimate of drug-likeness (QED) is 0.548. The summed E-state index contributed by atoms with van der Waals surface area (Å²) in [5, 5.41) is 18.4. The minimum Gasteiger partial charge on any atom is -0.359 e. The van der Waals surface area contributed by atoms with Gasteiger partial charge in [-0.1, -0.05) is 42.5 Å². The van der Waals surface area contributed by atoms with Crippen LogP contribution in [0.4, 0.5) is 13.2 Å². The molecule has 2 aromatic carbocycles. The second-order valence-corrected chi connectivity index (χ2v) is 8.61. The zero-order valence-corrected chi connectivity index (χ0v) is 17.4. The first-order chi connectivity index (χ1) is 15.0. The van der Waals surface area contributed by atoms with Gasteiger partial charge in [0.1, 0.15) is 5.54 Å². The fourth-order valence-corrected chi connectivity index (χ4v) is 4.27. The summed E-state index contributed by atoms with van der Waals surface area (Å²) in [6, 6.07) is 12.7. The van der Waals surface area contributed by atoms with E-state index in [-0.39, 0.29) is 23.9 Å². The van der Waals surface area contributed by atoms with Crippen LogP contribution in [0.1, 0.15) is 35.7 Å². The molecule has 0 spiro atoms. The number of hydrogen-bond acceptors (Lipinski definition) is 4. The van der Waals surface area contributed by atoms with Crippen molar-refractivity contribution < 1.29 is 27.9 Å². The highest BCUT2D eigenvalue weighted by atomic mass is 19.4. The molecule has 6 nitrogen and oxygen atoms in total. The topological polar surface area (TPSA) is 90.5 Å². The number of amides is 2. The van der Waals surface area contributed by atoms with E-state index >= 15 is 0 Å². The number of halogens is 3. The van der Waals surface area contributed by atoms with Crippen molar-refractivity contribution in [1.82, 2.24) is 16.0 Å². The van der Waals surface area contributed by atoms with E-state index in [2.05, 4.69) is 16.0 Å². The molecular formula is C23H24F3N3O3. The van der Waals surface area contributed by atoms with Crippen LogP contribution in [0.3, 0.4) is 0 Å². The summed E-state index contributed by atoms with van der Waals surface area (Å²) in [5.41, 5.74) is 0.568. The van der Waals surface area contributed by atoms with Gasteiger partial charge < -0.3 is 15.7 Å². The lowest BCUT2D eigenvalue weighted by Gasteiger charge is -2.29. The lowest BCUT2D eigenvalue weighted by molar-refractivity contribution is -0.127. The smallest absolute Gasteiger partial charge is 0.359 e. The zero-order chi connectivity index (χ0) is 23.1. The molecule has 0 aromatic heterocycles. The third kappa shape index (κ3) is 4.63. The molecule has 2 atom stereocenters. The molecule has 1 aliphatic heterocycles. The molecule has 2 fully saturated rings. The minimum absolute atomic E-state index is 0.00264. The van der Waals surface area contributed by atoms with Crippen molar-refractivity contribution in [3.8, 4) is 11.1 Å². The molecule has 4 rings (SSSR count). The van der Waals surface area contributed by atoms with Gasteiger partial charge in [0.05, 0.1) is 6.42 Å². The Bertz CT molecular complexity index is 1030. The number of carbonyl (C=O) groups excluding carboxylic acids is 2. The van der Waals surface area contributed by atoms with Gasteiger partial charge in [-0.15, -0.1) is 0 Å². The molecule has 1 unspecified atom stereocenters. The van der Waals surface area contributed by atoms with Crippen molar-refractivity contribution in [2.24, 2.45) is 5.92 Å². The van der Waals surface area contributed by atoms with E-state index in [1.165, 1.54) is 19.1 Å². The monoisotopic (exact) mass is 447 g/mol. The average molecular weight is 447 g/mol. The number of alkyl halides is 3. The van der Waals surface area contributed by atoms with Gasteiger partial charge in [0.15, 0.2) is 5.85 Å². The highest BCUT2D eigenvalue weighted by molar-refractivity contribution is 6.01. The maximum Gasteiger partial charge on any atom is 0.393 e. The second kappa shape index (κ2) is 7.90. The average Bonchev–Trinajstić information content (AvgIpc) is 3.52. The molecular weight excluding hydrogens is 423 g/mol. The first kappa shape index (κ1) is 22.3. The van der Waals surface area contributed by atoms with E-state index < -0.39 is 29.9 Å². The summed E-state index contributed by atoms with van der Waals surface area (Å²) >= 11 is 0. The highest BCUT2D eigenvalue weighted by Crippen LogP contribution is 2.42. The molecule has 9 heteroatoms. The normalized spacial score (nSPS) is 25.5. The van der Waals surface area contributed by atoms with Gasteiger partial charge in [0, 0.05) is 12.1 Å². The maximum absolute atomic E-state index is 13.0. The first-order valence-electron chi connectivity index (χ1n) is 10.4. The summed E-state index contributed by atoms with van der Waals surface area (Å²) < 4.78 is 37.8. The van der Waals surface area contributed by atoms with Crippen molar-refractivity contribution in [3.63, 3.8) is 0 Å². The number of aliphatic hydroxyl groups is 1. The Morgan fingerprint density at radius 2 is 1.81 bits per heavy atom. The molecule has 0 radical (unpaired) electrons. The van der Waals surface area contributed by atoms with Gasteiger partial charge in [-0.05, 0) is 48.4 Å². The molecule has 1 saturated carbocycles. The Balaban J connectivity index is 1.53. The second-order valence-electron chi connectivity index (χ2n) is 8.61. The van der Waals surface area contributed by atoms with E-state index in [1.807, 2.05) is 0 Å². The van der Waals surface area contributed by atoms with Crippen LogP contribution < -0.4 is 16.0 Å². The first-order valence-corrected chi connectivity index (χ1v) is 10.4. The Kier molecular flexibility index (Phi) is 5.50. The third-order valence-electron chi connectivity index (χ3n) is 5.87. The largest absolute Gasteiger partial charge is 0.393 e. The van der Waals surface area contributed by atoms with Crippen LogP contribution in [0.2, 0.25) is 0 Å². The summed E-state index contributed by atoms with van der Waals surface area (Å²) in [7, 11) is 0. The van der Waals surface area contributed by atoms with Gasteiger partial charge in [-0.25, -0.2) is 0 Å². The van der Waals surface area contributed by atoms with Crippen molar-refractivity contribution in [1.29, 1.82) is 0 Å². The van der Waals surface area contributed by atoms with Crippen molar-refractivity contribution >= 4 is 11.8 Å². The van der Waals surface area contributed by atoms with Gasteiger partial charge in [0.2, 0.25) is 5.91 Å². The third-order valence-corrected chi connectivity index (χ3v) is 5.87. The fourth-order valence-electron chi connectivity index (χ4n) is 4.27. The van der Waals surface area contributed by atoms with Crippen molar-refractivity contribution in [3.05, 3.63) is 59.7 Å². The molecule has 2 aliphatic rings. The Labute approximate surface area is 183 Å². The van der Waals surface area contributed by atoms with Crippen LogP contribution in [-0.4, -0.2) is 41.0 Å². The Morgan fingerprint density at radius 3 is 2.38 bits per heavy atom. The van der Waals surface area contributed by atoms with E-state index in [1.54, 1.807) is 36.4 Å². The lowest BCUT2D eigenvalue weighted by Crippen LogP contribution is -2.59. The van der Waals surface area contributed by atoms with Crippen molar-refractivity contribution in [2.75, 3.05) is 6.54 Å². The predicted octanol–water partition coefficient (Wildman–Crippen LogP) is 2.72. The maximum atomic E-state index is 13.0. The molecule has 1 saturated heterocycles. The standard InChI is InChI=1S/C23H24F3N3O3/c1-21(32)28-20(31)22(29-21,16-10-11-16)13-27-19(30)18-5-3-2-4-17(18)15-8-6-14(7-9-15)12-23(24,25)26/h2-9,16,29,32H,10-13H2,1H3,(H,27,30)(H,28,31)/t21?,22-/m0/s1. The van der Waals surface area contributed by atoms with Gasteiger partial charge in [-0.2, -0.15) is 13.2 Å². The van der Waals surface area contributed by atoms with Gasteiger partial charge in [0.25, 0.3) is 5.91 Å². The highest BCUT2D eigenvalue weighted by Gasteiger charge is 2.58. The molecule has 1 aliphatic carbocycles. The van der Waals surface area contributed by atoms with Crippen LogP contribution in [-0.2, 0) is 11.2 Å². The van der Waals surface area contributed by atoms with E-state index in [0.717, 1.165) is 12.8 Å². The number of carbonyl (C=O) groups is 2. The van der Waals surface area contributed by atoms with Crippen LogP contribution in [0.15, 0.2) is 48.5 Å². The SMILES string of the molecule is CC1(O)NC(=O)[C@](CNC(=O)c2ccccc2-c2ccc(CC(F)(F)F)cc2)(C2CC2)N1.